The Morgan fingerprint density at radius 2 is 2.17 bits per heavy atom. The number of amides is 1. The van der Waals surface area contributed by atoms with Crippen LogP contribution in [0.15, 0.2) is 17.2 Å². The molecule has 0 saturated heterocycles. The molecule has 1 aromatic rings. The summed E-state index contributed by atoms with van der Waals surface area (Å²) in [6.45, 7) is 6.96. The van der Waals surface area contributed by atoms with E-state index in [4.69, 9.17) is 4.12 Å². The topological polar surface area (TPSA) is 64.1 Å². The molecule has 1 aliphatic carbocycles. The maximum atomic E-state index is 11.3. The highest BCUT2D eigenvalue weighted by Gasteiger charge is 2.32. The van der Waals surface area contributed by atoms with Crippen LogP contribution < -0.4 is 5.32 Å². The Morgan fingerprint density at radius 1 is 1.43 bits per heavy atom. The number of hydrogen-bond acceptors (Lipinski definition) is 5. The molecule has 0 aliphatic heterocycles. The van der Waals surface area contributed by atoms with Crippen LogP contribution in [0.2, 0.25) is 25.2 Å². The van der Waals surface area contributed by atoms with E-state index in [-0.39, 0.29) is 12.3 Å². The maximum absolute atomic E-state index is 11.3. The number of thioether (sulfide) groups is 1. The largest absolute Gasteiger partial charge is 0.457 e. The van der Waals surface area contributed by atoms with Crippen LogP contribution in [0.1, 0.15) is 25.0 Å². The lowest BCUT2D eigenvalue weighted by atomic mass is 10.00. The Kier molecular flexibility index (Phi) is 6.81. The van der Waals surface area contributed by atoms with Crippen LogP contribution in [-0.4, -0.2) is 45.9 Å². The molecule has 0 radical (unpaired) electrons. The summed E-state index contributed by atoms with van der Waals surface area (Å²) in [4.78, 5) is 11.3. The third kappa shape index (κ3) is 6.02. The Bertz CT molecular complexity index is 524. The van der Waals surface area contributed by atoms with Gasteiger partial charge in [0, 0.05) is 12.4 Å². The molecular formula is C15H27N3O2SSi2. The fraction of sp³-hybridized carbons (Fsp3) is 0.667. The number of likely N-dealkylation sites (N-methyl/N-ethyl adjacent to an activating group) is 1. The molecule has 1 aliphatic rings. The molecule has 1 heterocycles. The Labute approximate surface area is 145 Å². The smallest absolute Gasteiger partial charge is 0.225 e. The number of aromatic nitrogens is 2. The molecule has 0 bridgehead atoms. The van der Waals surface area contributed by atoms with Crippen LogP contribution in [0.4, 0.5) is 0 Å². The summed E-state index contributed by atoms with van der Waals surface area (Å²) in [5.41, 5.74) is 1.60. The van der Waals surface area contributed by atoms with Crippen LogP contribution in [-0.2, 0) is 15.3 Å². The van der Waals surface area contributed by atoms with Crippen molar-refractivity contribution >= 4 is 35.0 Å². The number of nitrogens with one attached hydrogen (secondary N) is 1. The van der Waals surface area contributed by atoms with Gasteiger partial charge in [-0.15, -0.1) is 16.9 Å². The Hall–Kier alpha value is -0.706. The van der Waals surface area contributed by atoms with Gasteiger partial charge >= 0.3 is 0 Å². The van der Waals surface area contributed by atoms with Gasteiger partial charge in [-0.2, -0.15) is 5.10 Å². The minimum absolute atomic E-state index is 0.0448. The lowest BCUT2D eigenvalue weighted by Crippen LogP contribution is -2.42. The number of nitrogens with zero attached hydrogens (tertiary/aromatic N) is 2. The molecule has 1 unspecified atom stereocenters. The van der Waals surface area contributed by atoms with Gasteiger partial charge < -0.3 is 9.43 Å². The summed E-state index contributed by atoms with van der Waals surface area (Å²) >= 11 is 1.72. The van der Waals surface area contributed by atoms with Crippen molar-refractivity contribution in [3.05, 3.63) is 17.8 Å². The first-order valence-corrected chi connectivity index (χ1v) is 14.6. The molecule has 23 heavy (non-hydrogen) atoms. The summed E-state index contributed by atoms with van der Waals surface area (Å²) in [7, 11) is -1.04. The summed E-state index contributed by atoms with van der Waals surface area (Å²) in [5, 5.41) is 12.9. The van der Waals surface area contributed by atoms with E-state index in [0.717, 1.165) is 15.9 Å². The van der Waals surface area contributed by atoms with Crippen molar-refractivity contribution in [3.63, 3.8) is 0 Å². The fourth-order valence-corrected chi connectivity index (χ4v) is 11.9. The van der Waals surface area contributed by atoms with Crippen molar-refractivity contribution < 1.29 is 8.91 Å². The summed E-state index contributed by atoms with van der Waals surface area (Å²) in [5.74, 6) is -0.0448. The van der Waals surface area contributed by atoms with Gasteiger partial charge in [-0.3, -0.25) is 4.79 Å². The zero-order chi connectivity index (χ0) is 16.9. The van der Waals surface area contributed by atoms with Crippen molar-refractivity contribution in [1.29, 1.82) is 0 Å². The Morgan fingerprint density at radius 3 is 2.70 bits per heavy atom. The van der Waals surface area contributed by atoms with Gasteiger partial charge in [0.25, 0.3) is 0 Å². The van der Waals surface area contributed by atoms with E-state index in [2.05, 4.69) is 35.2 Å². The van der Waals surface area contributed by atoms with Gasteiger partial charge in [0.2, 0.25) is 5.91 Å². The molecule has 8 heteroatoms. The first-order valence-electron chi connectivity index (χ1n) is 8.23. The van der Waals surface area contributed by atoms with Gasteiger partial charge in [-0.25, -0.2) is 0 Å². The summed E-state index contributed by atoms with van der Waals surface area (Å²) in [6, 6.07) is 3.83. The predicted molar refractivity (Wildman–Crippen MR) is 99.7 cm³/mol. The van der Waals surface area contributed by atoms with E-state index in [9.17, 15) is 4.79 Å². The molecule has 1 N–H and O–H groups in total. The quantitative estimate of drug-likeness (QED) is 0.563. The maximum Gasteiger partial charge on any atom is 0.225 e. The fourth-order valence-electron chi connectivity index (χ4n) is 2.56. The Balaban J connectivity index is 1.80. The average Bonchev–Trinajstić information content (AvgIpc) is 2.44. The normalized spacial score (nSPS) is 16.7. The molecule has 1 amide bonds. The first kappa shape index (κ1) is 18.6. The predicted octanol–water partition coefficient (Wildman–Crippen LogP) is 2.53. The van der Waals surface area contributed by atoms with Gasteiger partial charge in [-0.05, 0) is 37.3 Å². The molecule has 1 atom stereocenters. The lowest BCUT2D eigenvalue weighted by molar-refractivity contribution is -0.120. The van der Waals surface area contributed by atoms with E-state index in [1.807, 2.05) is 12.1 Å². The van der Waals surface area contributed by atoms with Crippen LogP contribution in [0.3, 0.4) is 0 Å². The highest BCUT2D eigenvalue weighted by atomic mass is 32.2. The molecule has 1 aromatic heterocycles. The second kappa shape index (κ2) is 8.41. The highest BCUT2D eigenvalue weighted by Crippen LogP contribution is 2.36. The van der Waals surface area contributed by atoms with Gasteiger partial charge in [-0.1, -0.05) is 19.3 Å². The molecule has 2 rings (SSSR count). The molecular weight excluding hydrogens is 342 g/mol. The number of carbonyl (C=O) groups excluding carboxylic acids is 1. The standard InChI is InChI=1S/C15H27N3O2SSi2/c1-16-14(19)10-12-8-9-15(18-17-12)21-11-23(3,4)20-22(2)13-6-5-7-13/h8-9,13,22H,5-7,10-11H2,1-4H3,(H,16,19). The van der Waals surface area contributed by atoms with E-state index >= 15 is 0 Å². The minimum Gasteiger partial charge on any atom is -0.457 e. The van der Waals surface area contributed by atoms with Crippen molar-refractivity contribution in [3.8, 4) is 0 Å². The second-order valence-corrected chi connectivity index (χ2v) is 15.5. The molecule has 0 aromatic carbocycles. The van der Waals surface area contributed by atoms with Gasteiger partial charge in [0.1, 0.15) is 5.03 Å². The van der Waals surface area contributed by atoms with Crippen LogP contribution in [0.5, 0.6) is 0 Å². The molecule has 1 saturated carbocycles. The SMILES string of the molecule is CNC(=O)Cc1ccc(SC[Si](C)(C)O[SiH](C)C2CCC2)nn1. The van der Waals surface area contributed by atoms with Crippen molar-refractivity contribution in [2.24, 2.45) is 0 Å². The third-order valence-electron chi connectivity index (χ3n) is 4.20. The second-order valence-electron chi connectivity index (χ2n) is 6.78. The summed E-state index contributed by atoms with van der Waals surface area (Å²) < 4.78 is 6.51. The first-order chi connectivity index (χ1) is 10.9. The number of hydrogen-bond donors (Lipinski definition) is 1. The minimum atomic E-state index is -1.65. The van der Waals surface area contributed by atoms with Crippen LogP contribution in [0.25, 0.3) is 0 Å². The van der Waals surface area contributed by atoms with Gasteiger partial charge in [0.15, 0.2) is 17.4 Å². The summed E-state index contributed by atoms with van der Waals surface area (Å²) in [6.07, 6.45) is 4.43. The molecule has 1 fully saturated rings. The number of rotatable bonds is 8. The number of carbonyl (C=O) groups is 1. The van der Waals surface area contributed by atoms with E-state index < -0.39 is 17.4 Å². The average molecular weight is 370 g/mol. The molecule has 128 valence electrons. The van der Waals surface area contributed by atoms with E-state index in [1.165, 1.54) is 19.3 Å². The molecule has 5 nitrogen and oxygen atoms in total. The van der Waals surface area contributed by atoms with E-state index in [1.54, 1.807) is 18.8 Å². The zero-order valence-electron chi connectivity index (χ0n) is 14.5. The van der Waals surface area contributed by atoms with E-state index in [0.29, 0.717) is 5.69 Å². The lowest BCUT2D eigenvalue weighted by Gasteiger charge is -2.35. The van der Waals surface area contributed by atoms with Crippen molar-refractivity contribution in [2.75, 3.05) is 12.4 Å². The van der Waals surface area contributed by atoms with Gasteiger partial charge in [0.05, 0.1) is 12.1 Å². The molecule has 0 spiro atoms. The highest BCUT2D eigenvalue weighted by molar-refractivity contribution is 8.00. The van der Waals surface area contributed by atoms with Crippen LogP contribution >= 0.6 is 11.8 Å². The van der Waals surface area contributed by atoms with Crippen LogP contribution in [0, 0.1) is 0 Å². The zero-order valence-corrected chi connectivity index (χ0v) is 17.4. The van der Waals surface area contributed by atoms with Crippen molar-refractivity contribution in [1.82, 2.24) is 15.5 Å². The monoisotopic (exact) mass is 369 g/mol. The third-order valence-corrected chi connectivity index (χ3v) is 14.1. The van der Waals surface area contributed by atoms with Crippen molar-refractivity contribution in [2.45, 2.75) is 55.9 Å².